The summed E-state index contributed by atoms with van der Waals surface area (Å²) < 4.78 is 26.8. The highest BCUT2D eigenvalue weighted by Crippen LogP contribution is 2.26. The van der Waals surface area contributed by atoms with E-state index in [1.54, 1.807) is 6.92 Å². The van der Waals surface area contributed by atoms with Crippen molar-refractivity contribution in [1.29, 1.82) is 0 Å². The van der Waals surface area contributed by atoms with Crippen molar-refractivity contribution in [2.24, 2.45) is 10.9 Å². The molecule has 0 spiro atoms. The van der Waals surface area contributed by atoms with Gasteiger partial charge in [0, 0.05) is 12.1 Å². The van der Waals surface area contributed by atoms with Crippen LogP contribution < -0.4 is 11.1 Å². The Morgan fingerprint density at radius 1 is 1.53 bits per heavy atom. The van der Waals surface area contributed by atoms with Crippen molar-refractivity contribution in [3.8, 4) is 0 Å². The Kier molecular flexibility index (Phi) is 3.19. The first-order valence-electron chi connectivity index (χ1n) is 5.47. The van der Waals surface area contributed by atoms with Crippen LogP contribution in [-0.4, -0.2) is 32.3 Å². The molecule has 9 heteroatoms. The molecular weight excluding hydrogens is 258 g/mol. The van der Waals surface area contributed by atoms with Gasteiger partial charge in [0.25, 0.3) is 0 Å². The molecule has 2 aromatic rings. The molecule has 2 heterocycles. The lowest BCUT2D eigenvalue weighted by atomic mass is 10.1. The maximum Gasteiger partial charge on any atom is 0.320 e. The fourth-order valence-electron chi connectivity index (χ4n) is 1.84. The summed E-state index contributed by atoms with van der Waals surface area (Å²) in [6.07, 6.45) is -1.34. The van der Waals surface area contributed by atoms with Gasteiger partial charge < -0.3 is 16.3 Å². The van der Waals surface area contributed by atoms with Crippen LogP contribution in [0, 0.1) is 13.0 Å². The summed E-state index contributed by atoms with van der Waals surface area (Å²) >= 11 is 0. The molecule has 0 aromatic carbocycles. The van der Waals surface area contributed by atoms with Gasteiger partial charge >= 0.3 is 6.08 Å². The van der Waals surface area contributed by atoms with E-state index in [0.29, 0.717) is 17.9 Å². The largest absolute Gasteiger partial charge is 0.409 e. The Bertz CT molecular complexity index is 666. The molecule has 0 atom stereocenters. The number of hydrogen-bond donors (Lipinski definition) is 3. The van der Waals surface area contributed by atoms with Crippen LogP contribution in [0.25, 0.3) is 11.2 Å². The summed E-state index contributed by atoms with van der Waals surface area (Å²) in [5.74, 6) is 0.0255. The lowest BCUT2D eigenvalue weighted by molar-refractivity contribution is 0.301. The third kappa shape index (κ3) is 1.92. The number of fused-ring (bicyclic) bond motifs is 1. The monoisotopic (exact) mass is 270 g/mol. The fourth-order valence-corrected chi connectivity index (χ4v) is 1.84. The van der Waals surface area contributed by atoms with Crippen molar-refractivity contribution < 1.29 is 14.1 Å². The zero-order valence-electron chi connectivity index (χ0n) is 10.3. The van der Waals surface area contributed by atoms with Crippen LogP contribution in [0.15, 0.2) is 5.16 Å². The van der Waals surface area contributed by atoms with Crippen molar-refractivity contribution in [1.82, 2.24) is 14.8 Å². The van der Waals surface area contributed by atoms with Gasteiger partial charge in [-0.05, 0) is 13.8 Å². The molecule has 19 heavy (non-hydrogen) atoms. The van der Waals surface area contributed by atoms with Crippen LogP contribution in [0.3, 0.4) is 0 Å². The Hall–Kier alpha value is -2.45. The minimum absolute atomic E-state index is 0.0438. The Morgan fingerprint density at radius 2 is 2.21 bits per heavy atom. The molecule has 0 saturated heterocycles. The molecule has 0 aliphatic rings. The molecule has 0 aliphatic carbocycles. The molecule has 0 saturated carbocycles. The van der Waals surface area contributed by atoms with Gasteiger partial charge in [-0.15, -0.1) is 4.79 Å². The fraction of sp³-hybridized carbons (Fsp3) is 0.300. The van der Waals surface area contributed by atoms with E-state index < -0.39 is 6.08 Å². The van der Waals surface area contributed by atoms with Crippen molar-refractivity contribution in [2.75, 3.05) is 11.9 Å². The third-order valence-corrected chi connectivity index (χ3v) is 2.66. The lowest BCUT2D eigenvalue weighted by Crippen LogP contribution is -2.18. The number of imidazole rings is 1. The maximum atomic E-state index is 13.6. The molecule has 0 aliphatic heterocycles. The number of amidine groups is 1. The minimum Gasteiger partial charge on any atom is -0.409 e. The Balaban J connectivity index is 2.89. The van der Waals surface area contributed by atoms with Crippen LogP contribution in [0.5, 0.6) is 0 Å². The Morgan fingerprint density at radius 3 is 2.79 bits per heavy atom. The van der Waals surface area contributed by atoms with Crippen LogP contribution in [-0.2, 0) is 0 Å². The predicted molar refractivity (Wildman–Crippen MR) is 65.4 cm³/mol. The SMILES string of the molecule is CCNc1nc2nc(F)n(F)c2c(/C(N)=N/O)c1C. The number of hydrogen-bond acceptors (Lipinski definition) is 5. The molecule has 102 valence electrons. The number of aromatic nitrogens is 3. The average Bonchev–Trinajstić information content (AvgIpc) is 2.66. The number of nitrogens with zero attached hydrogens (tertiary/aromatic N) is 4. The summed E-state index contributed by atoms with van der Waals surface area (Å²) in [5.41, 5.74) is 5.56. The van der Waals surface area contributed by atoms with E-state index in [0.717, 1.165) is 0 Å². The second-order valence-corrected chi connectivity index (χ2v) is 3.81. The summed E-state index contributed by atoms with van der Waals surface area (Å²) in [6.45, 7) is 3.99. The maximum absolute atomic E-state index is 13.6. The summed E-state index contributed by atoms with van der Waals surface area (Å²) in [5, 5.41) is 14.5. The quantitative estimate of drug-likeness (QED) is 0.336. The number of pyridine rings is 1. The van der Waals surface area contributed by atoms with Gasteiger partial charge in [-0.25, -0.2) is 4.98 Å². The molecular formula is C10H12F2N6O. The molecule has 0 fully saturated rings. The topological polar surface area (TPSA) is 101 Å². The van der Waals surface area contributed by atoms with E-state index >= 15 is 0 Å². The van der Waals surface area contributed by atoms with E-state index in [1.807, 2.05) is 6.92 Å². The highest BCUT2D eigenvalue weighted by molar-refractivity contribution is 6.08. The molecule has 0 radical (unpaired) electrons. The van der Waals surface area contributed by atoms with Gasteiger partial charge in [0.1, 0.15) is 11.3 Å². The van der Waals surface area contributed by atoms with Crippen LogP contribution in [0.1, 0.15) is 18.1 Å². The zero-order chi connectivity index (χ0) is 14.2. The summed E-state index contributed by atoms with van der Waals surface area (Å²) in [6, 6.07) is 0. The van der Waals surface area contributed by atoms with Crippen molar-refractivity contribution >= 4 is 22.8 Å². The third-order valence-electron chi connectivity index (χ3n) is 2.66. The Labute approximate surface area is 106 Å². The summed E-state index contributed by atoms with van der Waals surface area (Å²) in [7, 11) is 0. The first-order chi connectivity index (χ1) is 9.01. The minimum atomic E-state index is -1.34. The van der Waals surface area contributed by atoms with Gasteiger partial charge in [0.2, 0.25) is 0 Å². The second-order valence-electron chi connectivity index (χ2n) is 3.81. The predicted octanol–water partition coefficient (Wildman–Crippen LogP) is 1.14. The molecule has 0 bridgehead atoms. The first kappa shape index (κ1) is 13.0. The molecule has 2 aromatic heterocycles. The van der Waals surface area contributed by atoms with Gasteiger partial charge in [0.15, 0.2) is 11.5 Å². The van der Waals surface area contributed by atoms with Gasteiger partial charge in [-0.1, -0.05) is 9.64 Å². The van der Waals surface area contributed by atoms with Crippen LogP contribution in [0.2, 0.25) is 0 Å². The molecule has 7 nitrogen and oxygen atoms in total. The van der Waals surface area contributed by atoms with E-state index in [2.05, 4.69) is 20.4 Å². The number of rotatable bonds is 3. The van der Waals surface area contributed by atoms with Gasteiger partial charge in [-0.3, -0.25) is 0 Å². The number of nitrogens with one attached hydrogen (secondary N) is 1. The van der Waals surface area contributed by atoms with E-state index in [1.165, 1.54) is 0 Å². The van der Waals surface area contributed by atoms with Crippen molar-refractivity contribution in [3.63, 3.8) is 0 Å². The second kappa shape index (κ2) is 4.67. The molecule has 0 unspecified atom stereocenters. The van der Waals surface area contributed by atoms with Crippen molar-refractivity contribution in [3.05, 3.63) is 17.2 Å². The number of anilines is 1. The van der Waals surface area contributed by atoms with Crippen molar-refractivity contribution in [2.45, 2.75) is 13.8 Å². The molecule has 4 N–H and O–H groups in total. The van der Waals surface area contributed by atoms with E-state index in [4.69, 9.17) is 10.9 Å². The van der Waals surface area contributed by atoms with Crippen LogP contribution in [0.4, 0.5) is 14.7 Å². The normalized spacial score (nSPS) is 12.1. The first-order valence-corrected chi connectivity index (χ1v) is 5.47. The lowest BCUT2D eigenvalue weighted by Gasteiger charge is -2.11. The van der Waals surface area contributed by atoms with E-state index in [-0.39, 0.29) is 27.4 Å². The highest BCUT2D eigenvalue weighted by atomic mass is 19.2. The molecule has 2 rings (SSSR count). The van der Waals surface area contributed by atoms with E-state index in [9.17, 15) is 8.87 Å². The van der Waals surface area contributed by atoms with Gasteiger partial charge in [-0.2, -0.15) is 9.37 Å². The molecule has 0 amide bonds. The average molecular weight is 270 g/mol. The van der Waals surface area contributed by atoms with Crippen LogP contribution >= 0.6 is 0 Å². The van der Waals surface area contributed by atoms with Gasteiger partial charge in [0.05, 0.1) is 5.56 Å². The zero-order valence-corrected chi connectivity index (χ0v) is 10.3. The number of nitrogens with two attached hydrogens (primary N) is 1. The standard InChI is InChI=1S/C10H12F2N6O/c1-3-14-8-4(2)5(7(13)17-19)6-9(15-8)16-10(11)18(6)12/h19H,3H2,1-2H3,(H2,13,17)(H,14,15). The number of oxime groups is 1. The summed E-state index contributed by atoms with van der Waals surface area (Å²) in [4.78, 5) is 7.08. The highest BCUT2D eigenvalue weighted by Gasteiger charge is 2.22. The smallest absolute Gasteiger partial charge is 0.320 e. The number of halogens is 2.